The SMILES string of the molecule is Cc1cc(N)n(CC(=O)NCC(c2ccc(F)cc2)N2CCCCC2)n1. The van der Waals surface area contributed by atoms with Crippen LogP contribution < -0.4 is 11.1 Å². The number of nitrogen functional groups attached to an aromatic ring is 1. The Bertz CT molecular complexity index is 737. The topological polar surface area (TPSA) is 76.2 Å². The Morgan fingerprint density at radius 1 is 1.27 bits per heavy atom. The zero-order chi connectivity index (χ0) is 18.5. The standard InChI is InChI=1S/C19H26FN5O/c1-14-11-18(21)25(23-14)13-19(26)22-12-17(24-9-3-2-4-10-24)15-5-7-16(20)8-6-15/h5-8,11,17H,2-4,9-10,12-13,21H2,1H3,(H,22,26). The Hall–Kier alpha value is -2.41. The molecule has 3 N–H and O–H groups in total. The summed E-state index contributed by atoms with van der Waals surface area (Å²) in [6.45, 7) is 4.39. The van der Waals surface area contributed by atoms with E-state index in [1.165, 1.54) is 23.2 Å². The molecule has 140 valence electrons. The number of likely N-dealkylation sites (tertiary alicyclic amines) is 1. The van der Waals surface area contributed by atoms with Gasteiger partial charge in [0.1, 0.15) is 18.2 Å². The monoisotopic (exact) mass is 359 g/mol. The third-order valence-corrected chi connectivity index (χ3v) is 4.81. The molecule has 1 aromatic carbocycles. The van der Waals surface area contributed by atoms with Crippen molar-refractivity contribution in [2.45, 2.75) is 38.8 Å². The lowest BCUT2D eigenvalue weighted by atomic mass is 10.0. The van der Waals surface area contributed by atoms with Gasteiger partial charge in [-0.05, 0) is 50.6 Å². The van der Waals surface area contributed by atoms with Crippen molar-refractivity contribution >= 4 is 11.7 Å². The van der Waals surface area contributed by atoms with Gasteiger partial charge in [-0.15, -0.1) is 0 Å². The fourth-order valence-corrected chi connectivity index (χ4v) is 3.47. The van der Waals surface area contributed by atoms with Gasteiger partial charge in [0.2, 0.25) is 5.91 Å². The number of aryl methyl sites for hydroxylation is 1. The van der Waals surface area contributed by atoms with Crippen molar-refractivity contribution in [3.05, 3.63) is 47.4 Å². The number of piperidine rings is 1. The average molecular weight is 359 g/mol. The first-order valence-electron chi connectivity index (χ1n) is 9.09. The summed E-state index contributed by atoms with van der Waals surface area (Å²) in [5.41, 5.74) is 7.65. The van der Waals surface area contributed by atoms with Gasteiger partial charge < -0.3 is 11.1 Å². The van der Waals surface area contributed by atoms with E-state index in [2.05, 4.69) is 15.3 Å². The second-order valence-electron chi connectivity index (χ2n) is 6.84. The molecule has 1 fully saturated rings. The zero-order valence-corrected chi connectivity index (χ0v) is 15.1. The summed E-state index contributed by atoms with van der Waals surface area (Å²) in [5.74, 6) is 0.0902. The van der Waals surface area contributed by atoms with E-state index in [4.69, 9.17) is 5.73 Å². The molecule has 26 heavy (non-hydrogen) atoms. The molecule has 1 unspecified atom stereocenters. The molecular weight excluding hydrogens is 333 g/mol. The van der Waals surface area contributed by atoms with Gasteiger partial charge in [-0.2, -0.15) is 5.10 Å². The molecule has 1 aliphatic heterocycles. The fraction of sp³-hybridized carbons (Fsp3) is 0.474. The number of carbonyl (C=O) groups excluding carboxylic acids is 1. The third-order valence-electron chi connectivity index (χ3n) is 4.81. The maximum atomic E-state index is 13.3. The van der Waals surface area contributed by atoms with Gasteiger partial charge in [0.25, 0.3) is 0 Å². The number of anilines is 1. The van der Waals surface area contributed by atoms with Gasteiger partial charge in [-0.3, -0.25) is 9.69 Å². The summed E-state index contributed by atoms with van der Waals surface area (Å²) >= 11 is 0. The van der Waals surface area contributed by atoms with E-state index in [1.54, 1.807) is 18.2 Å². The van der Waals surface area contributed by atoms with E-state index in [1.807, 2.05) is 6.92 Å². The Morgan fingerprint density at radius 2 is 1.96 bits per heavy atom. The molecule has 0 spiro atoms. The lowest BCUT2D eigenvalue weighted by Crippen LogP contribution is -2.41. The van der Waals surface area contributed by atoms with Crippen molar-refractivity contribution in [1.82, 2.24) is 20.0 Å². The lowest BCUT2D eigenvalue weighted by molar-refractivity contribution is -0.122. The number of amides is 1. The molecule has 1 aliphatic rings. The number of nitrogens with one attached hydrogen (secondary N) is 1. The van der Waals surface area contributed by atoms with Crippen LogP contribution in [0.1, 0.15) is 36.6 Å². The minimum atomic E-state index is -0.250. The van der Waals surface area contributed by atoms with Crippen LogP contribution in [0.3, 0.4) is 0 Å². The Balaban J connectivity index is 1.66. The summed E-state index contributed by atoms with van der Waals surface area (Å²) < 4.78 is 14.8. The van der Waals surface area contributed by atoms with Crippen LogP contribution in [0, 0.1) is 12.7 Å². The predicted molar refractivity (Wildman–Crippen MR) is 99.0 cm³/mol. The third kappa shape index (κ3) is 4.60. The molecule has 3 rings (SSSR count). The van der Waals surface area contributed by atoms with Crippen LogP contribution in [0.5, 0.6) is 0 Å². The fourth-order valence-electron chi connectivity index (χ4n) is 3.47. The van der Waals surface area contributed by atoms with Gasteiger partial charge in [0.15, 0.2) is 0 Å². The minimum Gasteiger partial charge on any atom is -0.384 e. The van der Waals surface area contributed by atoms with Gasteiger partial charge >= 0.3 is 0 Å². The number of benzene rings is 1. The molecule has 6 nitrogen and oxygen atoms in total. The highest BCUT2D eigenvalue weighted by Gasteiger charge is 2.23. The van der Waals surface area contributed by atoms with Gasteiger partial charge in [-0.1, -0.05) is 18.6 Å². The Morgan fingerprint density at radius 3 is 2.58 bits per heavy atom. The molecule has 0 aliphatic carbocycles. The van der Waals surface area contributed by atoms with Crippen LogP contribution in [0.15, 0.2) is 30.3 Å². The zero-order valence-electron chi connectivity index (χ0n) is 15.1. The highest BCUT2D eigenvalue weighted by molar-refractivity contribution is 5.76. The number of hydrogen-bond acceptors (Lipinski definition) is 4. The van der Waals surface area contributed by atoms with E-state index in [9.17, 15) is 9.18 Å². The predicted octanol–water partition coefficient (Wildman–Crippen LogP) is 2.26. The second-order valence-corrected chi connectivity index (χ2v) is 6.84. The molecule has 0 radical (unpaired) electrons. The molecule has 1 saturated heterocycles. The number of carbonyl (C=O) groups is 1. The summed E-state index contributed by atoms with van der Waals surface area (Å²) in [6, 6.07) is 8.33. The molecule has 1 aromatic heterocycles. The smallest absolute Gasteiger partial charge is 0.241 e. The van der Waals surface area contributed by atoms with Crippen molar-refractivity contribution in [3.63, 3.8) is 0 Å². The van der Waals surface area contributed by atoms with Crippen LogP contribution in [0.4, 0.5) is 10.2 Å². The van der Waals surface area contributed by atoms with Crippen molar-refractivity contribution in [1.29, 1.82) is 0 Å². The maximum Gasteiger partial charge on any atom is 0.241 e. The number of rotatable bonds is 6. The molecule has 0 bridgehead atoms. The van der Waals surface area contributed by atoms with Crippen molar-refractivity contribution in [3.8, 4) is 0 Å². The van der Waals surface area contributed by atoms with Crippen LogP contribution in [-0.4, -0.2) is 40.2 Å². The molecule has 2 aromatic rings. The highest BCUT2D eigenvalue weighted by atomic mass is 19.1. The first-order valence-corrected chi connectivity index (χ1v) is 9.09. The van der Waals surface area contributed by atoms with Crippen molar-refractivity contribution in [2.75, 3.05) is 25.4 Å². The van der Waals surface area contributed by atoms with E-state index in [0.717, 1.165) is 37.2 Å². The molecule has 1 amide bonds. The van der Waals surface area contributed by atoms with Crippen LogP contribution >= 0.6 is 0 Å². The number of halogens is 1. The molecular formula is C19H26FN5O. The number of hydrogen-bond donors (Lipinski definition) is 2. The normalized spacial score (nSPS) is 16.4. The van der Waals surface area contributed by atoms with E-state index in [0.29, 0.717) is 12.4 Å². The summed E-state index contributed by atoms with van der Waals surface area (Å²) in [6.07, 6.45) is 3.53. The summed E-state index contributed by atoms with van der Waals surface area (Å²) in [5, 5.41) is 7.20. The summed E-state index contributed by atoms with van der Waals surface area (Å²) in [7, 11) is 0. The van der Waals surface area contributed by atoms with Crippen LogP contribution in [0.2, 0.25) is 0 Å². The van der Waals surface area contributed by atoms with Crippen LogP contribution in [0.25, 0.3) is 0 Å². The molecule has 2 heterocycles. The maximum absolute atomic E-state index is 13.3. The Kier molecular flexibility index (Phi) is 5.88. The number of nitrogens with zero attached hydrogens (tertiary/aromatic N) is 3. The largest absolute Gasteiger partial charge is 0.384 e. The molecule has 1 atom stereocenters. The molecule has 7 heteroatoms. The number of nitrogens with two attached hydrogens (primary N) is 1. The Labute approximate surface area is 153 Å². The lowest BCUT2D eigenvalue weighted by Gasteiger charge is -2.35. The minimum absolute atomic E-state index is 0.0385. The summed E-state index contributed by atoms with van der Waals surface area (Å²) in [4.78, 5) is 14.7. The van der Waals surface area contributed by atoms with Gasteiger partial charge in [0.05, 0.1) is 11.7 Å². The van der Waals surface area contributed by atoms with Crippen molar-refractivity contribution < 1.29 is 9.18 Å². The van der Waals surface area contributed by atoms with E-state index >= 15 is 0 Å². The van der Waals surface area contributed by atoms with E-state index < -0.39 is 0 Å². The van der Waals surface area contributed by atoms with Crippen molar-refractivity contribution in [2.24, 2.45) is 0 Å². The molecule has 0 saturated carbocycles. The second kappa shape index (κ2) is 8.31. The first kappa shape index (κ1) is 18.4. The van der Waals surface area contributed by atoms with Gasteiger partial charge in [-0.25, -0.2) is 9.07 Å². The number of aromatic nitrogens is 2. The van der Waals surface area contributed by atoms with Gasteiger partial charge in [0, 0.05) is 12.6 Å². The average Bonchev–Trinajstić information content (AvgIpc) is 2.94. The first-order chi connectivity index (χ1) is 12.5. The van der Waals surface area contributed by atoms with E-state index in [-0.39, 0.29) is 24.3 Å². The quantitative estimate of drug-likeness (QED) is 0.829. The van der Waals surface area contributed by atoms with Crippen LogP contribution in [-0.2, 0) is 11.3 Å². The highest BCUT2D eigenvalue weighted by Crippen LogP contribution is 2.24.